The maximum atomic E-state index is 12.3. The zero-order valence-corrected chi connectivity index (χ0v) is 18.7. The van der Waals surface area contributed by atoms with Crippen molar-refractivity contribution >= 4 is 23.6 Å². The van der Waals surface area contributed by atoms with Crippen molar-refractivity contribution in [3.8, 4) is 6.07 Å². The minimum absolute atomic E-state index is 0.166. The number of benzene rings is 1. The first kappa shape index (κ1) is 23.9. The summed E-state index contributed by atoms with van der Waals surface area (Å²) in [4.78, 5) is 24.4. The van der Waals surface area contributed by atoms with E-state index in [-0.39, 0.29) is 5.57 Å². The number of anilines is 1. The fourth-order valence-corrected chi connectivity index (χ4v) is 3.15. The van der Waals surface area contributed by atoms with Crippen molar-refractivity contribution in [2.75, 3.05) is 25.6 Å². The Kier molecular flexibility index (Phi) is 8.59. The molecule has 0 aliphatic heterocycles. The van der Waals surface area contributed by atoms with E-state index in [0.29, 0.717) is 24.8 Å². The number of rotatable bonds is 9. The lowest BCUT2D eigenvalue weighted by atomic mass is 10.0. The summed E-state index contributed by atoms with van der Waals surface area (Å²) >= 11 is 0. The van der Waals surface area contributed by atoms with Gasteiger partial charge in [-0.15, -0.1) is 0 Å². The number of methoxy groups -OCH3 is 1. The molecular formula is C24H29N3O4. The highest BCUT2D eigenvalue weighted by atomic mass is 16.5. The second kappa shape index (κ2) is 11.1. The Hall–Kier alpha value is -3.37. The number of carbonyl (C=O) groups excluding carboxylic acids is 2. The van der Waals surface area contributed by atoms with Crippen molar-refractivity contribution in [3.63, 3.8) is 0 Å². The summed E-state index contributed by atoms with van der Waals surface area (Å²) in [5.41, 5.74) is 4.27. The van der Waals surface area contributed by atoms with Crippen LogP contribution in [0.4, 0.5) is 5.69 Å². The van der Waals surface area contributed by atoms with E-state index in [4.69, 9.17) is 9.47 Å². The Balaban J connectivity index is 2.00. The maximum Gasteiger partial charge on any atom is 0.349 e. The molecular weight excluding hydrogens is 394 g/mol. The second-order valence-corrected chi connectivity index (χ2v) is 7.54. The standard InChI is InChI=1S/C24H29N3O4/c1-16(2)19-6-8-22(9-7-19)26-23(28)15-31-24(29)21(14-25)13-20-12-17(3)27(18(20)4)10-11-30-5/h6-9,12-13,16H,10-11,15H2,1-5H3,(H,26,28)/b21-13+. The number of hydrogen-bond donors (Lipinski definition) is 1. The molecule has 0 saturated carbocycles. The van der Waals surface area contributed by atoms with E-state index in [9.17, 15) is 14.9 Å². The predicted molar refractivity (Wildman–Crippen MR) is 119 cm³/mol. The molecule has 1 aromatic heterocycles. The molecule has 0 bridgehead atoms. The van der Waals surface area contributed by atoms with Crippen LogP contribution in [-0.2, 0) is 25.6 Å². The van der Waals surface area contributed by atoms with Crippen LogP contribution in [0.5, 0.6) is 0 Å². The van der Waals surface area contributed by atoms with Crippen molar-refractivity contribution < 1.29 is 19.1 Å². The molecule has 7 nitrogen and oxygen atoms in total. The average molecular weight is 424 g/mol. The van der Waals surface area contributed by atoms with E-state index in [0.717, 1.165) is 22.5 Å². The van der Waals surface area contributed by atoms with E-state index in [2.05, 4.69) is 19.2 Å². The number of aryl methyl sites for hydroxylation is 1. The van der Waals surface area contributed by atoms with Gasteiger partial charge in [0.25, 0.3) is 5.91 Å². The van der Waals surface area contributed by atoms with Crippen molar-refractivity contribution in [2.24, 2.45) is 0 Å². The molecule has 0 aliphatic carbocycles. The van der Waals surface area contributed by atoms with Gasteiger partial charge in [-0.3, -0.25) is 4.79 Å². The largest absolute Gasteiger partial charge is 0.451 e. The lowest BCUT2D eigenvalue weighted by Gasteiger charge is -2.09. The number of hydrogen-bond acceptors (Lipinski definition) is 5. The van der Waals surface area contributed by atoms with Crippen LogP contribution < -0.4 is 5.32 Å². The first-order valence-electron chi connectivity index (χ1n) is 10.1. The Labute approximate surface area is 183 Å². The van der Waals surface area contributed by atoms with Crippen molar-refractivity contribution in [1.29, 1.82) is 5.26 Å². The van der Waals surface area contributed by atoms with E-state index >= 15 is 0 Å². The highest BCUT2D eigenvalue weighted by Crippen LogP contribution is 2.19. The highest BCUT2D eigenvalue weighted by Gasteiger charge is 2.16. The zero-order chi connectivity index (χ0) is 23.0. The summed E-state index contributed by atoms with van der Waals surface area (Å²) in [5.74, 6) is -0.915. The van der Waals surface area contributed by atoms with Gasteiger partial charge < -0.3 is 19.4 Å². The normalized spacial score (nSPS) is 11.3. The van der Waals surface area contributed by atoms with Crippen LogP contribution in [0.3, 0.4) is 0 Å². The minimum atomic E-state index is -0.838. The van der Waals surface area contributed by atoms with Gasteiger partial charge in [0, 0.05) is 30.7 Å². The fraction of sp³-hybridized carbons (Fsp3) is 0.375. The first-order chi connectivity index (χ1) is 14.8. The number of ether oxygens (including phenoxy) is 2. The average Bonchev–Trinajstić information content (AvgIpc) is 3.01. The molecule has 0 atom stereocenters. The van der Waals surface area contributed by atoms with E-state index in [1.807, 2.05) is 42.7 Å². The van der Waals surface area contributed by atoms with Crippen LogP contribution in [0.2, 0.25) is 0 Å². The summed E-state index contributed by atoms with van der Waals surface area (Å²) in [7, 11) is 1.63. The van der Waals surface area contributed by atoms with Gasteiger partial charge in [0.2, 0.25) is 0 Å². The summed E-state index contributed by atoms with van der Waals surface area (Å²) in [6, 6.07) is 11.2. The Bertz CT molecular complexity index is 995. The number of amides is 1. The third kappa shape index (κ3) is 6.56. The zero-order valence-electron chi connectivity index (χ0n) is 18.7. The maximum absolute atomic E-state index is 12.3. The van der Waals surface area contributed by atoms with Crippen LogP contribution in [0.15, 0.2) is 35.9 Å². The van der Waals surface area contributed by atoms with Crippen LogP contribution >= 0.6 is 0 Å². The summed E-state index contributed by atoms with van der Waals surface area (Å²) in [6.07, 6.45) is 1.48. The molecule has 1 N–H and O–H groups in total. The third-order valence-corrected chi connectivity index (χ3v) is 4.97. The van der Waals surface area contributed by atoms with Gasteiger partial charge in [-0.25, -0.2) is 4.79 Å². The summed E-state index contributed by atoms with van der Waals surface area (Å²) in [5, 5.41) is 12.1. The molecule has 1 aromatic carbocycles. The van der Waals surface area contributed by atoms with Gasteiger partial charge in [-0.2, -0.15) is 5.26 Å². The Morgan fingerprint density at radius 2 is 1.90 bits per heavy atom. The van der Waals surface area contributed by atoms with Crippen LogP contribution in [-0.4, -0.2) is 36.8 Å². The van der Waals surface area contributed by atoms with Crippen molar-refractivity contribution in [2.45, 2.75) is 40.2 Å². The lowest BCUT2D eigenvalue weighted by molar-refractivity contribution is -0.142. The van der Waals surface area contributed by atoms with Crippen LogP contribution in [0.1, 0.15) is 42.3 Å². The van der Waals surface area contributed by atoms with Gasteiger partial charge in [0.1, 0.15) is 11.6 Å². The van der Waals surface area contributed by atoms with Gasteiger partial charge in [-0.1, -0.05) is 26.0 Å². The Morgan fingerprint density at radius 3 is 2.48 bits per heavy atom. The fourth-order valence-electron chi connectivity index (χ4n) is 3.15. The molecule has 0 saturated heterocycles. The van der Waals surface area contributed by atoms with Crippen LogP contribution in [0, 0.1) is 25.2 Å². The molecule has 0 radical (unpaired) electrons. The number of aromatic nitrogens is 1. The van der Waals surface area contributed by atoms with Gasteiger partial charge in [0.05, 0.1) is 6.61 Å². The molecule has 1 amide bonds. The van der Waals surface area contributed by atoms with E-state index in [1.165, 1.54) is 6.08 Å². The molecule has 31 heavy (non-hydrogen) atoms. The molecule has 0 aliphatic rings. The van der Waals surface area contributed by atoms with E-state index in [1.54, 1.807) is 19.2 Å². The number of nitrogens with one attached hydrogen (secondary N) is 1. The summed E-state index contributed by atoms with van der Waals surface area (Å²) in [6.45, 7) is 8.79. The lowest BCUT2D eigenvalue weighted by Crippen LogP contribution is -2.21. The van der Waals surface area contributed by atoms with Gasteiger partial charge >= 0.3 is 5.97 Å². The monoisotopic (exact) mass is 423 g/mol. The van der Waals surface area contributed by atoms with E-state index < -0.39 is 18.5 Å². The molecule has 164 valence electrons. The molecule has 2 aromatic rings. The second-order valence-electron chi connectivity index (χ2n) is 7.54. The molecule has 0 spiro atoms. The molecule has 0 unspecified atom stereocenters. The van der Waals surface area contributed by atoms with Crippen molar-refractivity contribution in [1.82, 2.24) is 4.57 Å². The number of carbonyl (C=O) groups is 2. The quantitative estimate of drug-likeness (QED) is 0.374. The number of nitrogens with zero attached hydrogens (tertiary/aromatic N) is 2. The Morgan fingerprint density at radius 1 is 1.23 bits per heavy atom. The predicted octanol–water partition coefficient (Wildman–Crippen LogP) is 3.96. The number of nitriles is 1. The molecule has 7 heteroatoms. The smallest absolute Gasteiger partial charge is 0.349 e. The molecule has 2 rings (SSSR count). The third-order valence-electron chi connectivity index (χ3n) is 4.97. The molecule has 0 fully saturated rings. The SMILES string of the molecule is COCCn1c(C)cc(/C=C(\C#N)C(=O)OCC(=O)Nc2ccc(C(C)C)cc2)c1C. The van der Waals surface area contributed by atoms with Crippen molar-refractivity contribution in [3.05, 3.63) is 58.4 Å². The molecule has 1 heterocycles. The highest BCUT2D eigenvalue weighted by molar-refractivity contribution is 6.00. The topological polar surface area (TPSA) is 93.3 Å². The van der Waals surface area contributed by atoms with Crippen LogP contribution in [0.25, 0.3) is 6.08 Å². The van der Waals surface area contributed by atoms with Gasteiger partial charge in [-0.05, 0) is 55.2 Å². The minimum Gasteiger partial charge on any atom is -0.451 e. The summed E-state index contributed by atoms with van der Waals surface area (Å²) < 4.78 is 12.2. The number of esters is 1. The van der Waals surface area contributed by atoms with Gasteiger partial charge in [0.15, 0.2) is 6.61 Å². The first-order valence-corrected chi connectivity index (χ1v) is 10.1.